The molecule has 3 N–H and O–H groups in total. The number of ether oxygens (including phenoxy) is 2. The molecule has 0 aromatic carbocycles. The Morgan fingerprint density at radius 1 is 1.11 bits per heavy atom. The maximum atomic E-state index is 12.4. The lowest BCUT2D eigenvalue weighted by atomic mass is 10.1. The van der Waals surface area contributed by atoms with Crippen molar-refractivity contribution < 1.29 is 29.0 Å². The Morgan fingerprint density at radius 2 is 1.68 bits per heavy atom. The topological polar surface area (TPSA) is 163 Å². The second-order valence-corrected chi connectivity index (χ2v) is 8.14. The Balaban J connectivity index is 4.93. The highest BCUT2D eigenvalue weighted by atomic mass is 16.6. The second kappa shape index (κ2) is 11.4. The molecule has 11 heteroatoms. The maximum absolute atomic E-state index is 12.4. The molecule has 11 nitrogen and oxygen atoms in total. The van der Waals surface area contributed by atoms with Gasteiger partial charge in [-0.05, 0) is 53.5 Å². The Labute approximate surface area is 164 Å². The number of aliphatic hydroxyl groups excluding tert-OH is 1. The molecule has 0 aromatic heterocycles. The van der Waals surface area contributed by atoms with Crippen LogP contribution in [0.5, 0.6) is 0 Å². The van der Waals surface area contributed by atoms with E-state index in [0.29, 0.717) is 0 Å². The van der Waals surface area contributed by atoms with Gasteiger partial charge in [-0.25, -0.2) is 4.79 Å². The van der Waals surface area contributed by atoms with Crippen LogP contribution >= 0.6 is 0 Å². The van der Waals surface area contributed by atoms with Crippen LogP contribution in [0.25, 0.3) is 10.4 Å². The number of esters is 1. The highest BCUT2D eigenvalue weighted by Crippen LogP contribution is 2.10. The van der Waals surface area contributed by atoms with E-state index < -0.39 is 47.9 Å². The lowest BCUT2D eigenvalue weighted by molar-refractivity contribution is -0.154. The van der Waals surface area contributed by atoms with E-state index in [-0.39, 0.29) is 19.4 Å². The van der Waals surface area contributed by atoms with Gasteiger partial charge in [0, 0.05) is 17.9 Å². The highest BCUT2D eigenvalue weighted by Gasteiger charge is 2.27. The third-order valence-electron chi connectivity index (χ3n) is 2.97. The zero-order chi connectivity index (χ0) is 22.0. The average molecular weight is 401 g/mol. The van der Waals surface area contributed by atoms with Crippen LogP contribution in [0.4, 0.5) is 4.79 Å². The molecule has 28 heavy (non-hydrogen) atoms. The Kier molecular flexibility index (Phi) is 10.3. The Hall–Kier alpha value is -2.52. The van der Waals surface area contributed by atoms with Crippen LogP contribution in [0.15, 0.2) is 5.11 Å². The molecule has 0 aliphatic rings. The molecule has 0 spiro atoms. The Bertz CT molecular complexity index is 590. The Morgan fingerprint density at radius 3 is 2.18 bits per heavy atom. The lowest BCUT2D eigenvalue weighted by Crippen LogP contribution is -2.50. The largest absolute Gasteiger partial charge is 0.459 e. The predicted octanol–water partition coefficient (Wildman–Crippen LogP) is 1.79. The quantitative estimate of drug-likeness (QED) is 0.231. The zero-order valence-corrected chi connectivity index (χ0v) is 17.3. The number of hydrogen-bond acceptors (Lipinski definition) is 7. The molecule has 0 saturated heterocycles. The number of rotatable bonds is 9. The van der Waals surface area contributed by atoms with Gasteiger partial charge in [-0.1, -0.05) is 5.11 Å². The molecule has 0 fully saturated rings. The summed E-state index contributed by atoms with van der Waals surface area (Å²) < 4.78 is 10.2. The standard InChI is InChI=1S/C17H31N5O6/c1-16(2,3)27-13(24)10-19-14(25)12(9-11(23)7-8-20-22-18)21-15(26)28-17(4,5)6/h11-12,23H,7-10H2,1-6H3,(H,19,25)(H,21,26)/t11-,12+/m1/s1. The summed E-state index contributed by atoms with van der Waals surface area (Å²) in [7, 11) is 0. The van der Waals surface area contributed by atoms with Crippen molar-refractivity contribution in [1.82, 2.24) is 10.6 Å². The summed E-state index contributed by atoms with van der Waals surface area (Å²) in [5.74, 6) is -1.32. The number of amides is 2. The molecule has 2 amide bonds. The first-order valence-corrected chi connectivity index (χ1v) is 8.91. The summed E-state index contributed by atoms with van der Waals surface area (Å²) in [6.07, 6.45) is -1.90. The fraction of sp³-hybridized carbons (Fsp3) is 0.824. The van der Waals surface area contributed by atoms with E-state index in [2.05, 4.69) is 20.7 Å². The first-order chi connectivity index (χ1) is 12.7. The molecule has 0 aliphatic heterocycles. The van der Waals surface area contributed by atoms with E-state index in [1.165, 1.54) is 0 Å². The number of aliphatic hydroxyl groups is 1. The van der Waals surface area contributed by atoms with Crippen molar-refractivity contribution in [2.24, 2.45) is 5.11 Å². The van der Waals surface area contributed by atoms with E-state index in [1.807, 2.05) is 0 Å². The molecule has 0 aromatic rings. The summed E-state index contributed by atoms with van der Waals surface area (Å²) in [5, 5.41) is 18.1. The lowest BCUT2D eigenvalue weighted by Gasteiger charge is -2.25. The smallest absolute Gasteiger partial charge is 0.408 e. The minimum absolute atomic E-state index is 0.0380. The molecule has 160 valence electrons. The molecule has 0 bridgehead atoms. The predicted molar refractivity (Wildman–Crippen MR) is 101 cm³/mol. The van der Waals surface area contributed by atoms with Gasteiger partial charge in [-0.3, -0.25) is 9.59 Å². The van der Waals surface area contributed by atoms with Crippen molar-refractivity contribution in [3.8, 4) is 0 Å². The number of nitrogens with zero attached hydrogens (tertiary/aromatic N) is 3. The first-order valence-electron chi connectivity index (χ1n) is 8.91. The number of carbonyl (C=O) groups is 3. The van der Waals surface area contributed by atoms with Crippen LogP contribution in [0.1, 0.15) is 54.4 Å². The summed E-state index contributed by atoms with van der Waals surface area (Å²) in [5.41, 5.74) is 6.80. The van der Waals surface area contributed by atoms with Gasteiger partial charge in [0.1, 0.15) is 23.8 Å². The van der Waals surface area contributed by atoms with E-state index in [1.54, 1.807) is 41.5 Å². The summed E-state index contributed by atoms with van der Waals surface area (Å²) in [6, 6.07) is -1.15. The number of hydrogen-bond donors (Lipinski definition) is 3. The van der Waals surface area contributed by atoms with Crippen molar-refractivity contribution in [2.75, 3.05) is 13.1 Å². The fourth-order valence-corrected chi connectivity index (χ4v) is 1.98. The van der Waals surface area contributed by atoms with Crippen LogP contribution in [0.2, 0.25) is 0 Å². The van der Waals surface area contributed by atoms with Gasteiger partial charge >= 0.3 is 12.1 Å². The number of azide groups is 1. The van der Waals surface area contributed by atoms with Crippen LogP contribution in [0, 0.1) is 0 Å². The van der Waals surface area contributed by atoms with E-state index in [4.69, 9.17) is 15.0 Å². The van der Waals surface area contributed by atoms with Crippen LogP contribution < -0.4 is 10.6 Å². The molecule has 0 aliphatic carbocycles. The van der Waals surface area contributed by atoms with Gasteiger partial charge in [-0.15, -0.1) is 0 Å². The van der Waals surface area contributed by atoms with Gasteiger partial charge in [0.2, 0.25) is 5.91 Å². The summed E-state index contributed by atoms with van der Waals surface area (Å²) in [6.45, 7) is 9.73. The molecule has 0 heterocycles. The second-order valence-electron chi connectivity index (χ2n) is 8.14. The van der Waals surface area contributed by atoms with Gasteiger partial charge < -0.3 is 25.2 Å². The van der Waals surface area contributed by atoms with Crippen molar-refractivity contribution in [1.29, 1.82) is 0 Å². The summed E-state index contributed by atoms with van der Waals surface area (Å²) >= 11 is 0. The van der Waals surface area contributed by atoms with E-state index >= 15 is 0 Å². The molecule has 2 atom stereocenters. The van der Waals surface area contributed by atoms with Crippen molar-refractivity contribution in [2.45, 2.75) is 77.7 Å². The molecule has 0 saturated carbocycles. The van der Waals surface area contributed by atoms with Gasteiger partial charge in [0.25, 0.3) is 0 Å². The van der Waals surface area contributed by atoms with Crippen molar-refractivity contribution >= 4 is 18.0 Å². The molecular formula is C17H31N5O6. The van der Waals surface area contributed by atoms with Crippen LogP contribution in [-0.4, -0.2) is 59.5 Å². The zero-order valence-electron chi connectivity index (χ0n) is 17.3. The average Bonchev–Trinajstić information content (AvgIpc) is 2.48. The third kappa shape index (κ3) is 13.7. The van der Waals surface area contributed by atoms with Crippen LogP contribution in [-0.2, 0) is 19.1 Å². The summed E-state index contributed by atoms with van der Waals surface area (Å²) in [4.78, 5) is 38.7. The molecule has 0 rings (SSSR count). The minimum Gasteiger partial charge on any atom is -0.459 e. The van der Waals surface area contributed by atoms with E-state index in [0.717, 1.165) is 0 Å². The van der Waals surface area contributed by atoms with Crippen LogP contribution in [0.3, 0.4) is 0 Å². The van der Waals surface area contributed by atoms with Crippen molar-refractivity contribution in [3.05, 3.63) is 10.4 Å². The fourth-order valence-electron chi connectivity index (χ4n) is 1.98. The first kappa shape index (κ1) is 25.5. The number of nitrogens with one attached hydrogen (secondary N) is 2. The normalized spacial score (nSPS) is 13.5. The monoisotopic (exact) mass is 401 g/mol. The maximum Gasteiger partial charge on any atom is 0.408 e. The minimum atomic E-state index is -1.15. The number of alkyl carbamates (subject to hydrolysis) is 1. The van der Waals surface area contributed by atoms with E-state index in [9.17, 15) is 19.5 Å². The van der Waals surface area contributed by atoms with Gasteiger partial charge in [0.05, 0.1) is 6.10 Å². The highest BCUT2D eigenvalue weighted by molar-refractivity contribution is 5.88. The number of carbonyl (C=O) groups excluding carboxylic acids is 3. The third-order valence-corrected chi connectivity index (χ3v) is 2.97. The molecule has 0 unspecified atom stereocenters. The van der Waals surface area contributed by atoms with Gasteiger partial charge in [-0.2, -0.15) is 0 Å². The van der Waals surface area contributed by atoms with Gasteiger partial charge in [0.15, 0.2) is 0 Å². The molecular weight excluding hydrogens is 370 g/mol. The molecule has 0 radical (unpaired) electrons. The SMILES string of the molecule is CC(C)(C)OC(=O)CNC(=O)[C@H](C[C@H](O)CCN=[N+]=[N-])NC(=O)OC(C)(C)C. The van der Waals surface area contributed by atoms with Crippen molar-refractivity contribution in [3.63, 3.8) is 0 Å².